The van der Waals surface area contributed by atoms with Gasteiger partial charge in [-0.2, -0.15) is 0 Å². The van der Waals surface area contributed by atoms with E-state index in [2.05, 4.69) is 47.1 Å². The highest BCUT2D eigenvalue weighted by Crippen LogP contribution is 2.26. The summed E-state index contributed by atoms with van der Waals surface area (Å²) in [5.74, 6) is 0. The van der Waals surface area contributed by atoms with Gasteiger partial charge < -0.3 is 5.32 Å². The number of hydrogen-bond donors (Lipinski definition) is 1. The second kappa shape index (κ2) is 5.89. The van der Waals surface area contributed by atoms with E-state index in [4.69, 9.17) is 0 Å². The molecule has 20 heavy (non-hydrogen) atoms. The zero-order chi connectivity index (χ0) is 13.9. The van der Waals surface area contributed by atoms with Crippen molar-refractivity contribution in [1.82, 2.24) is 9.97 Å². The van der Waals surface area contributed by atoms with Crippen LogP contribution in [0.25, 0.3) is 11.0 Å². The molecule has 5 heteroatoms. The number of para-hydroxylation sites is 2. The largest absolute Gasteiger partial charge is 0.378 e. The van der Waals surface area contributed by atoms with Crippen LogP contribution >= 0.6 is 31.9 Å². The third-order valence-corrected chi connectivity index (χ3v) is 4.04. The Morgan fingerprint density at radius 3 is 2.60 bits per heavy atom. The van der Waals surface area contributed by atoms with Crippen LogP contribution in [0.1, 0.15) is 5.69 Å². The fourth-order valence-corrected chi connectivity index (χ4v) is 3.09. The summed E-state index contributed by atoms with van der Waals surface area (Å²) in [6.07, 6.45) is 1.81. The van der Waals surface area contributed by atoms with Gasteiger partial charge in [-0.1, -0.05) is 28.1 Å². The number of hydrogen-bond acceptors (Lipinski definition) is 3. The molecule has 0 unspecified atom stereocenters. The summed E-state index contributed by atoms with van der Waals surface area (Å²) in [7, 11) is 0. The summed E-state index contributed by atoms with van der Waals surface area (Å²) in [5.41, 5.74) is 3.78. The van der Waals surface area contributed by atoms with Gasteiger partial charge in [0.15, 0.2) is 0 Å². The van der Waals surface area contributed by atoms with E-state index < -0.39 is 0 Å². The molecule has 0 aliphatic heterocycles. The van der Waals surface area contributed by atoms with Gasteiger partial charge >= 0.3 is 0 Å². The zero-order valence-corrected chi connectivity index (χ0v) is 13.6. The van der Waals surface area contributed by atoms with Crippen LogP contribution in [0.2, 0.25) is 0 Å². The van der Waals surface area contributed by atoms with Crippen molar-refractivity contribution in [2.24, 2.45) is 0 Å². The van der Waals surface area contributed by atoms with E-state index >= 15 is 0 Å². The number of halogens is 2. The molecule has 3 aromatic rings. The molecule has 1 N–H and O–H groups in total. The van der Waals surface area contributed by atoms with Gasteiger partial charge in [-0.15, -0.1) is 0 Å². The Morgan fingerprint density at radius 1 is 1.00 bits per heavy atom. The highest BCUT2D eigenvalue weighted by molar-refractivity contribution is 9.11. The Balaban J connectivity index is 1.79. The van der Waals surface area contributed by atoms with Crippen molar-refractivity contribution in [3.05, 3.63) is 63.3 Å². The predicted octanol–water partition coefficient (Wildman–Crippen LogP) is 4.77. The first-order valence-corrected chi connectivity index (χ1v) is 7.70. The summed E-state index contributed by atoms with van der Waals surface area (Å²) in [6.45, 7) is 0.637. The maximum Gasteiger partial charge on any atom is 0.0890 e. The number of rotatable bonds is 3. The monoisotopic (exact) mass is 391 g/mol. The van der Waals surface area contributed by atoms with E-state index in [9.17, 15) is 0 Å². The van der Waals surface area contributed by atoms with Crippen molar-refractivity contribution in [3.8, 4) is 0 Å². The van der Waals surface area contributed by atoms with Crippen LogP contribution < -0.4 is 5.32 Å². The molecule has 0 aliphatic carbocycles. The van der Waals surface area contributed by atoms with Gasteiger partial charge in [-0.25, -0.2) is 4.98 Å². The Labute approximate surface area is 133 Å². The van der Waals surface area contributed by atoms with E-state index in [1.165, 1.54) is 0 Å². The van der Waals surface area contributed by atoms with Gasteiger partial charge in [0, 0.05) is 14.6 Å². The molecule has 0 saturated carbocycles. The number of aromatic nitrogens is 2. The van der Waals surface area contributed by atoms with Gasteiger partial charge in [-0.05, 0) is 46.3 Å². The van der Waals surface area contributed by atoms with Crippen LogP contribution in [0.5, 0.6) is 0 Å². The van der Waals surface area contributed by atoms with Gasteiger partial charge in [0.2, 0.25) is 0 Å². The molecule has 0 radical (unpaired) electrons. The second-order valence-electron chi connectivity index (χ2n) is 4.33. The molecule has 3 nitrogen and oxygen atoms in total. The Kier molecular flexibility index (Phi) is 3.98. The summed E-state index contributed by atoms with van der Waals surface area (Å²) >= 11 is 6.97. The molecule has 0 spiro atoms. The third kappa shape index (κ3) is 2.99. The summed E-state index contributed by atoms with van der Waals surface area (Å²) in [6, 6.07) is 13.9. The van der Waals surface area contributed by atoms with Gasteiger partial charge in [-0.3, -0.25) is 4.98 Å². The number of fused-ring (bicyclic) bond motifs is 1. The molecular formula is C15H11Br2N3. The first-order valence-electron chi connectivity index (χ1n) is 6.12. The number of nitrogens with one attached hydrogen (secondary N) is 1. The first kappa shape index (κ1) is 13.5. The third-order valence-electron chi connectivity index (χ3n) is 2.89. The van der Waals surface area contributed by atoms with Gasteiger partial charge in [0.25, 0.3) is 0 Å². The minimum absolute atomic E-state index is 0.637. The van der Waals surface area contributed by atoms with Crippen LogP contribution in [0.3, 0.4) is 0 Å². The summed E-state index contributed by atoms with van der Waals surface area (Å²) in [4.78, 5) is 9.00. The fraction of sp³-hybridized carbons (Fsp3) is 0.0667. The molecule has 0 bridgehead atoms. The highest BCUT2D eigenvalue weighted by Gasteiger charge is 2.02. The first-order chi connectivity index (χ1) is 9.72. The summed E-state index contributed by atoms with van der Waals surface area (Å²) in [5, 5.41) is 3.35. The molecular weight excluding hydrogens is 382 g/mol. The van der Waals surface area contributed by atoms with Gasteiger partial charge in [0.1, 0.15) is 0 Å². The zero-order valence-electron chi connectivity index (χ0n) is 10.5. The molecule has 0 amide bonds. The van der Waals surface area contributed by atoms with Crippen molar-refractivity contribution in [2.75, 3.05) is 5.32 Å². The van der Waals surface area contributed by atoms with Crippen molar-refractivity contribution in [1.29, 1.82) is 0 Å². The highest BCUT2D eigenvalue weighted by atomic mass is 79.9. The average Bonchev–Trinajstić information content (AvgIpc) is 2.46. The van der Waals surface area contributed by atoms with E-state index in [-0.39, 0.29) is 0 Å². The lowest BCUT2D eigenvalue weighted by Crippen LogP contribution is -2.03. The SMILES string of the molecule is Brc1ccc(NCc2cnc3ccccc3n2)c(Br)c1. The second-order valence-corrected chi connectivity index (χ2v) is 6.10. The molecule has 2 aromatic carbocycles. The van der Waals surface area contributed by atoms with Crippen LogP contribution in [0, 0.1) is 0 Å². The standard InChI is InChI=1S/C15H11Br2N3/c16-10-5-6-13(12(17)7-10)18-8-11-9-19-14-3-1-2-4-15(14)20-11/h1-7,9,18H,8H2. The molecule has 1 heterocycles. The maximum atomic E-state index is 4.59. The van der Waals surface area contributed by atoms with Crippen molar-refractivity contribution in [2.45, 2.75) is 6.54 Å². The quantitative estimate of drug-likeness (QED) is 0.697. The van der Waals surface area contributed by atoms with Crippen LogP contribution in [0.4, 0.5) is 5.69 Å². The lowest BCUT2D eigenvalue weighted by molar-refractivity contribution is 1.04. The van der Waals surface area contributed by atoms with E-state index in [0.717, 1.165) is 31.4 Å². The van der Waals surface area contributed by atoms with Crippen molar-refractivity contribution in [3.63, 3.8) is 0 Å². The lowest BCUT2D eigenvalue weighted by atomic mass is 10.3. The fourth-order valence-electron chi connectivity index (χ4n) is 1.90. The molecule has 0 fully saturated rings. The van der Waals surface area contributed by atoms with Crippen LogP contribution in [-0.2, 0) is 6.54 Å². The number of nitrogens with zero attached hydrogens (tertiary/aromatic N) is 2. The predicted molar refractivity (Wildman–Crippen MR) is 88.7 cm³/mol. The smallest absolute Gasteiger partial charge is 0.0890 e. The number of benzene rings is 2. The molecule has 1 aromatic heterocycles. The van der Waals surface area contributed by atoms with Crippen LogP contribution in [0.15, 0.2) is 57.6 Å². The average molecular weight is 393 g/mol. The molecule has 3 rings (SSSR count). The van der Waals surface area contributed by atoms with Crippen LogP contribution in [-0.4, -0.2) is 9.97 Å². The summed E-state index contributed by atoms with van der Waals surface area (Å²) < 4.78 is 2.06. The van der Waals surface area contributed by atoms with E-state index in [1.54, 1.807) is 0 Å². The Morgan fingerprint density at radius 2 is 1.80 bits per heavy atom. The Bertz CT molecular complexity index is 759. The van der Waals surface area contributed by atoms with Gasteiger partial charge in [0.05, 0.1) is 29.5 Å². The molecule has 0 saturated heterocycles. The maximum absolute atomic E-state index is 4.59. The van der Waals surface area contributed by atoms with Crippen molar-refractivity contribution < 1.29 is 0 Å². The lowest BCUT2D eigenvalue weighted by Gasteiger charge is -2.08. The molecule has 0 aliphatic rings. The molecule has 100 valence electrons. The van der Waals surface area contributed by atoms with Crippen molar-refractivity contribution >= 4 is 48.6 Å². The molecule has 0 atom stereocenters. The topological polar surface area (TPSA) is 37.8 Å². The number of anilines is 1. The minimum Gasteiger partial charge on any atom is -0.378 e. The normalized spacial score (nSPS) is 10.7. The Hall–Kier alpha value is -1.46. The van der Waals surface area contributed by atoms with E-state index in [0.29, 0.717) is 6.54 Å². The van der Waals surface area contributed by atoms with E-state index in [1.807, 2.05) is 48.7 Å². The minimum atomic E-state index is 0.637.